The summed E-state index contributed by atoms with van der Waals surface area (Å²) in [6, 6.07) is 21.8. The molecule has 0 aromatic heterocycles. The van der Waals surface area contributed by atoms with Crippen LogP contribution in [0.25, 0.3) is 0 Å². The number of halogens is 1. The second-order valence-corrected chi connectivity index (χ2v) is 6.97. The molecule has 154 valence electrons. The van der Waals surface area contributed by atoms with E-state index in [1.165, 1.54) is 24.3 Å². The lowest BCUT2D eigenvalue weighted by molar-refractivity contribution is -0.123. The van der Waals surface area contributed by atoms with Gasteiger partial charge in [-0.1, -0.05) is 43.7 Å². The van der Waals surface area contributed by atoms with E-state index in [-0.39, 0.29) is 30.2 Å². The second-order valence-electron chi connectivity index (χ2n) is 6.97. The summed E-state index contributed by atoms with van der Waals surface area (Å²) in [6.07, 6.45) is 1.79. The Morgan fingerprint density at radius 2 is 1.50 bits per heavy atom. The van der Waals surface area contributed by atoms with Crippen molar-refractivity contribution in [2.45, 2.75) is 25.8 Å². The summed E-state index contributed by atoms with van der Waals surface area (Å²) >= 11 is 0. The number of rotatable bonds is 9. The Morgan fingerprint density at radius 1 is 0.900 bits per heavy atom. The van der Waals surface area contributed by atoms with Gasteiger partial charge in [0.15, 0.2) is 12.4 Å². The average molecular weight is 405 g/mol. The van der Waals surface area contributed by atoms with Crippen LogP contribution in [0, 0.1) is 5.82 Å². The quantitative estimate of drug-likeness (QED) is 0.504. The number of hydrogen-bond donors (Lipinski definition) is 1. The normalized spacial score (nSPS) is 11.5. The Balaban J connectivity index is 1.55. The number of hydrogen-bond acceptors (Lipinski definition) is 3. The van der Waals surface area contributed by atoms with E-state index >= 15 is 0 Å². The lowest BCUT2D eigenvalue weighted by atomic mass is 10.0. The summed E-state index contributed by atoms with van der Waals surface area (Å²) in [6.45, 7) is 1.96. The van der Waals surface area contributed by atoms with E-state index in [9.17, 15) is 14.0 Å². The fourth-order valence-corrected chi connectivity index (χ4v) is 3.15. The maximum Gasteiger partial charge on any atom is 0.258 e. The fraction of sp³-hybridized carbons (Fsp3) is 0.200. The SMILES string of the molecule is CCC[C@H](NC(=O)COc1ccc(C(=O)c2ccc(F)cc2)cc1)c1ccccc1. The van der Waals surface area contributed by atoms with Gasteiger partial charge in [-0.15, -0.1) is 0 Å². The smallest absolute Gasteiger partial charge is 0.258 e. The topological polar surface area (TPSA) is 55.4 Å². The molecule has 0 saturated carbocycles. The van der Waals surface area contributed by atoms with Crippen LogP contribution >= 0.6 is 0 Å². The van der Waals surface area contributed by atoms with Crippen molar-refractivity contribution in [3.8, 4) is 5.75 Å². The zero-order valence-electron chi connectivity index (χ0n) is 16.8. The van der Waals surface area contributed by atoms with Crippen LogP contribution in [-0.2, 0) is 4.79 Å². The largest absolute Gasteiger partial charge is 0.484 e. The maximum atomic E-state index is 13.0. The molecule has 0 aliphatic carbocycles. The zero-order valence-corrected chi connectivity index (χ0v) is 16.8. The van der Waals surface area contributed by atoms with E-state index in [1.54, 1.807) is 24.3 Å². The molecule has 1 N–H and O–H groups in total. The van der Waals surface area contributed by atoms with Crippen LogP contribution < -0.4 is 10.1 Å². The van der Waals surface area contributed by atoms with Gasteiger partial charge in [-0.25, -0.2) is 4.39 Å². The van der Waals surface area contributed by atoms with Gasteiger partial charge in [-0.05, 0) is 60.5 Å². The van der Waals surface area contributed by atoms with Gasteiger partial charge in [-0.3, -0.25) is 9.59 Å². The Morgan fingerprint density at radius 3 is 2.10 bits per heavy atom. The van der Waals surface area contributed by atoms with Crippen molar-refractivity contribution in [2.75, 3.05) is 6.61 Å². The van der Waals surface area contributed by atoms with Gasteiger partial charge in [-0.2, -0.15) is 0 Å². The molecule has 4 nitrogen and oxygen atoms in total. The summed E-state index contributed by atoms with van der Waals surface area (Å²) in [5.41, 5.74) is 1.94. The van der Waals surface area contributed by atoms with Gasteiger partial charge in [0.2, 0.25) is 0 Å². The molecule has 1 atom stereocenters. The van der Waals surface area contributed by atoms with Gasteiger partial charge in [0.05, 0.1) is 6.04 Å². The highest BCUT2D eigenvalue weighted by Crippen LogP contribution is 2.19. The number of ether oxygens (including phenoxy) is 1. The number of nitrogens with one attached hydrogen (secondary N) is 1. The third-order valence-electron chi connectivity index (χ3n) is 4.71. The summed E-state index contributed by atoms with van der Waals surface area (Å²) < 4.78 is 18.6. The van der Waals surface area contributed by atoms with Crippen LogP contribution in [-0.4, -0.2) is 18.3 Å². The molecular weight excluding hydrogens is 381 g/mol. The highest BCUT2D eigenvalue weighted by Gasteiger charge is 2.14. The maximum absolute atomic E-state index is 13.0. The molecule has 0 heterocycles. The molecule has 0 unspecified atom stereocenters. The number of carbonyl (C=O) groups excluding carboxylic acids is 2. The highest BCUT2D eigenvalue weighted by atomic mass is 19.1. The van der Waals surface area contributed by atoms with Gasteiger partial charge in [0.1, 0.15) is 11.6 Å². The summed E-state index contributed by atoms with van der Waals surface area (Å²) in [7, 11) is 0. The second kappa shape index (κ2) is 10.3. The van der Waals surface area contributed by atoms with E-state index < -0.39 is 0 Å². The Bertz CT molecular complexity index is 970. The lowest BCUT2D eigenvalue weighted by Gasteiger charge is -2.18. The van der Waals surface area contributed by atoms with Crippen molar-refractivity contribution < 1.29 is 18.7 Å². The molecule has 30 heavy (non-hydrogen) atoms. The van der Waals surface area contributed by atoms with Crippen molar-refractivity contribution in [3.63, 3.8) is 0 Å². The first kappa shape index (κ1) is 21.2. The van der Waals surface area contributed by atoms with Crippen LogP contribution in [0.4, 0.5) is 4.39 Å². The molecule has 0 radical (unpaired) electrons. The van der Waals surface area contributed by atoms with E-state index in [2.05, 4.69) is 12.2 Å². The average Bonchev–Trinajstić information content (AvgIpc) is 2.78. The van der Waals surface area contributed by atoms with E-state index in [0.717, 1.165) is 18.4 Å². The molecule has 0 aliphatic rings. The minimum absolute atomic E-state index is 0.0528. The molecule has 3 aromatic carbocycles. The monoisotopic (exact) mass is 405 g/mol. The Kier molecular flexibility index (Phi) is 7.33. The van der Waals surface area contributed by atoms with Crippen LogP contribution in [0.2, 0.25) is 0 Å². The third kappa shape index (κ3) is 5.77. The van der Waals surface area contributed by atoms with Crippen molar-refractivity contribution in [3.05, 3.63) is 101 Å². The Labute approximate surface area is 175 Å². The van der Waals surface area contributed by atoms with E-state index in [1.807, 2.05) is 30.3 Å². The zero-order chi connectivity index (χ0) is 21.3. The number of amides is 1. The third-order valence-corrected chi connectivity index (χ3v) is 4.71. The van der Waals surface area contributed by atoms with E-state index in [0.29, 0.717) is 16.9 Å². The molecule has 5 heteroatoms. The number of carbonyl (C=O) groups is 2. The number of benzene rings is 3. The molecule has 1 amide bonds. The molecule has 3 aromatic rings. The molecule has 3 rings (SSSR count). The number of ketones is 1. The lowest BCUT2D eigenvalue weighted by Crippen LogP contribution is -2.32. The molecule has 0 fully saturated rings. The highest BCUT2D eigenvalue weighted by molar-refractivity contribution is 6.09. The first-order chi connectivity index (χ1) is 14.6. The summed E-state index contributed by atoms with van der Waals surface area (Å²) in [5, 5.41) is 3.01. The summed E-state index contributed by atoms with van der Waals surface area (Å²) in [4.78, 5) is 24.8. The van der Waals surface area contributed by atoms with Crippen molar-refractivity contribution in [1.29, 1.82) is 0 Å². The molecule has 0 bridgehead atoms. The van der Waals surface area contributed by atoms with Gasteiger partial charge >= 0.3 is 0 Å². The predicted molar refractivity (Wildman–Crippen MR) is 114 cm³/mol. The predicted octanol–water partition coefficient (Wildman–Crippen LogP) is 5.09. The fourth-order valence-electron chi connectivity index (χ4n) is 3.15. The van der Waals surface area contributed by atoms with Crippen LogP contribution in [0.3, 0.4) is 0 Å². The van der Waals surface area contributed by atoms with Gasteiger partial charge in [0, 0.05) is 11.1 Å². The molecule has 0 saturated heterocycles. The molecular formula is C25H24FNO3. The first-order valence-corrected chi connectivity index (χ1v) is 9.94. The van der Waals surface area contributed by atoms with Crippen LogP contribution in [0.5, 0.6) is 5.75 Å². The van der Waals surface area contributed by atoms with Crippen LogP contribution in [0.1, 0.15) is 47.3 Å². The standard InChI is InChI=1S/C25H24FNO3/c1-2-6-23(18-7-4-3-5-8-18)27-24(28)17-30-22-15-11-20(12-16-22)25(29)19-9-13-21(26)14-10-19/h3-5,7-16,23H,2,6,17H2,1H3,(H,27,28)/t23-/m0/s1. The van der Waals surface area contributed by atoms with Gasteiger partial charge in [0.25, 0.3) is 5.91 Å². The Hall–Kier alpha value is -3.47. The van der Waals surface area contributed by atoms with Crippen molar-refractivity contribution in [1.82, 2.24) is 5.32 Å². The van der Waals surface area contributed by atoms with Gasteiger partial charge < -0.3 is 10.1 Å². The van der Waals surface area contributed by atoms with Crippen LogP contribution in [0.15, 0.2) is 78.9 Å². The van der Waals surface area contributed by atoms with E-state index in [4.69, 9.17) is 4.74 Å². The minimum Gasteiger partial charge on any atom is -0.484 e. The molecule has 0 spiro atoms. The van der Waals surface area contributed by atoms with Crippen molar-refractivity contribution >= 4 is 11.7 Å². The first-order valence-electron chi connectivity index (χ1n) is 9.94. The molecule has 0 aliphatic heterocycles. The minimum atomic E-state index is -0.387. The van der Waals surface area contributed by atoms with Crippen molar-refractivity contribution in [2.24, 2.45) is 0 Å². The summed E-state index contributed by atoms with van der Waals surface area (Å²) in [5.74, 6) is -0.303.